The SMILES string of the molecule is c1cc(CNC2CC3CC2C2CCCC32)c[nH]1. The van der Waals surface area contributed by atoms with Gasteiger partial charge in [-0.05, 0) is 61.0 Å². The van der Waals surface area contributed by atoms with Crippen LogP contribution in [0.25, 0.3) is 0 Å². The van der Waals surface area contributed by atoms with Gasteiger partial charge < -0.3 is 10.3 Å². The highest BCUT2D eigenvalue weighted by Gasteiger charge is 2.53. The van der Waals surface area contributed by atoms with Gasteiger partial charge in [-0.25, -0.2) is 0 Å². The summed E-state index contributed by atoms with van der Waals surface area (Å²) in [5, 5.41) is 3.81. The number of nitrogens with one attached hydrogen (secondary N) is 2. The minimum atomic E-state index is 0.814. The van der Waals surface area contributed by atoms with Crippen molar-refractivity contribution in [3.8, 4) is 0 Å². The van der Waals surface area contributed by atoms with Gasteiger partial charge in [0.1, 0.15) is 0 Å². The van der Waals surface area contributed by atoms with Crippen molar-refractivity contribution in [1.29, 1.82) is 0 Å². The normalized spacial score (nSPS) is 43.2. The monoisotopic (exact) mass is 230 g/mol. The number of hydrogen-bond donors (Lipinski definition) is 2. The first-order valence-electron chi connectivity index (χ1n) is 7.27. The molecule has 17 heavy (non-hydrogen) atoms. The molecule has 5 unspecified atom stereocenters. The van der Waals surface area contributed by atoms with Crippen LogP contribution in [0.1, 0.15) is 37.7 Å². The van der Waals surface area contributed by atoms with Crippen LogP contribution in [-0.2, 0) is 6.54 Å². The predicted octanol–water partition coefficient (Wildman–Crippen LogP) is 2.93. The number of H-pyrrole nitrogens is 1. The molecule has 3 aliphatic carbocycles. The molecule has 0 amide bonds. The Hall–Kier alpha value is -0.760. The lowest BCUT2D eigenvalue weighted by Crippen LogP contribution is -2.38. The zero-order valence-electron chi connectivity index (χ0n) is 10.4. The molecule has 3 fully saturated rings. The fraction of sp³-hybridized carbons (Fsp3) is 0.733. The van der Waals surface area contributed by atoms with Crippen molar-refractivity contribution in [3.63, 3.8) is 0 Å². The smallest absolute Gasteiger partial charge is 0.0223 e. The lowest BCUT2D eigenvalue weighted by atomic mass is 9.79. The Kier molecular flexibility index (Phi) is 2.32. The maximum atomic E-state index is 3.81. The molecule has 1 aromatic rings. The van der Waals surface area contributed by atoms with Gasteiger partial charge in [0.15, 0.2) is 0 Å². The number of aromatic amines is 1. The molecule has 3 aliphatic rings. The van der Waals surface area contributed by atoms with Gasteiger partial charge in [0.2, 0.25) is 0 Å². The number of aromatic nitrogens is 1. The molecule has 0 aromatic carbocycles. The van der Waals surface area contributed by atoms with Crippen molar-refractivity contribution in [3.05, 3.63) is 24.0 Å². The van der Waals surface area contributed by atoms with Crippen LogP contribution in [0.5, 0.6) is 0 Å². The fourth-order valence-electron chi connectivity index (χ4n) is 5.02. The zero-order valence-corrected chi connectivity index (χ0v) is 10.4. The third-order valence-corrected chi connectivity index (χ3v) is 5.66. The minimum Gasteiger partial charge on any atom is -0.367 e. The van der Waals surface area contributed by atoms with E-state index < -0.39 is 0 Å². The van der Waals surface area contributed by atoms with Crippen LogP contribution in [0.15, 0.2) is 18.5 Å². The average Bonchev–Trinajstić information content (AvgIpc) is 3.08. The van der Waals surface area contributed by atoms with E-state index >= 15 is 0 Å². The molecule has 3 saturated carbocycles. The molecule has 5 atom stereocenters. The standard InChI is InChI=1S/C15H22N2/c1-2-12-11-6-14(13(12)3-1)15(7-11)17-9-10-4-5-16-8-10/h4-5,8,11-17H,1-3,6-7,9H2. The van der Waals surface area contributed by atoms with E-state index in [0.717, 1.165) is 36.3 Å². The van der Waals surface area contributed by atoms with Gasteiger partial charge >= 0.3 is 0 Å². The predicted molar refractivity (Wildman–Crippen MR) is 68.5 cm³/mol. The molecular weight excluding hydrogens is 208 g/mol. The summed E-state index contributed by atoms with van der Waals surface area (Å²) in [5.74, 6) is 4.27. The lowest BCUT2D eigenvalue weighted by molar-refractivity contribution is 0.208. The van der Waals surface area contributed by atoms with Crippen molar-refractivity contribution >= 4 is 0 Å². The third-order valence-electron chi connectivity index (χ3n) is 5.66. The Morgan fingerprint density at radius 1 is 1.18 bits per heavy atom. The van der Waals surface area contributed by atoms with Gasteiger partial charge in [-0.3, -0.25) is 0 Å². The van der Waals surface area contributed by atoms with Gasteiger partial charge in [-0.15, -0.1) is 0 Å². The first kappa shape index (κ1) is 10.2. The quantitative estimate of drug-likeness (QED) is 0.821. The summed E-state index contributed by atoms with van der Waals surface area (Å²) in [5.41, 5.74) is 1.40. The van der Waals surface area contributed by atoms with Crippen molar-refractivity contribution in [1.82, 2.24) is 10.3 Å². The van der Waals surface area contributed by atoms with E-state index in [4.69, 9.17) is 0 Å². The van der Waals surface area contributed by atoms with E-state index in [9.17, 15) is 0 Å². The highest BCUT2D eigenvalue weighted by Crippen LogP contribution is 2.58. The van der Waals surface area contributed by atoms with Crippen molar-refractivity contribution in [2.24, 2.45) is 23.7 Å². The molecule has 2 heteroatoms. The van der Waals surface area contributed by atoms with Crippen molar-refractivity contribution in [2.45, 2.75) is 44.7 Å². The van der Waals surface area contributed by atoms with Crippen LogP contribution < -0.4 is 5.32 Å². The second-order valence-electron chi connectivity index (χ2n) is 6.36. The second kappa shape index (κ2) is 3.88. The zero-order chi connectivity index (χ0) is 11.2. The molecule has 0 radical (unpaired) electrons. The number of rotatable bonds is 3. The Morgan fingerprint density at radius 2 is 2.12 bits per heavy atom. The van der Waals surface area contributed by atoms with E-state index in [1.54, 1.807) is 0 Å². The maximum Gasteiger partial charge on any atom is 0.0223 e. The van der Waals surface area contributed by atoms with Crippen molar-refractivity contribution in [2.75, 3.05) is 0 Å². The molecule has 0 spiro atoms. The fourth-order valence-corrected chi connectivity index (χ4v) is 5.02. The van der Waals surface area contributed by atoms with Crippen LogP contribution >= 0.6 is 0 Å². The summed E-state index contributed by atoms with van der Waals surface area (Å²) in [6.45, 7) is 1.05. The topological polar surface area (TPSA) is 27.8 Å². The molecule has 0 aliphatic heterocycles. The summed E-state index contributed by atoms with van der Waals surface area (Å²) < 4.78 is 0. The summed E-state index contributed by atoms with van der Waals surface area (Å²) >= 11 is 0. The van der Waals surface area contributed by atoms with Gasteiger partial charge in [0.25, 0.3) is 0 Å². The van der Waals surface area contributed by atoms with E-state index in [1.807, 2.05) is 6.20 Å². The Morgan fingerprint density at radius 3 is 3.00 bits per heavy atom. The van der Waals surface area contributed by atoms with Crippen LogP contribution in [0.2, 0.25) is 0 Å². The maximum absolute atomic E-state index is 3.81. The van der Waals surface area contributed by atoms with Crippen LogP contribution in [0.3, 0.4) is 0 Å². The minimum absolute atomic E-state index is 0.814. The van der Waals surface area contributed by atoms with E-state index in [0.29, 0.717) is 0 Å². The molecule has 2 bridgehead atoms. The summed E-state index contributed by atoms with van der Waals surface area (Å²) in [6.07, 6.45) is 11.7. The molecule has 0 saturated heterocycles. The van der Waals surface area contributed by atoms with Crippen LogP contribution in [-0.4, -0.2) is 11.0 Å². The summed E-state index contributed by atoms with van der Waals surface area (Å²) in [6, 6.07) is 2.99. The van der Waals surface area contributed by atoms with E-state index in [2.05, 4.69) is 22.6 Å². The highest BCUT2D eigenvalue weighted by molar-refractivity contribution is 5.10. The van der Waals surface area contributed by atoms with Crippen molar-refractivity contribution < 1.29 is 0 Å². The van der Waals surface area contributed by atoms with Gasteiger partial charge in [0.05, 0.1) is 0 Å². The first-order valence-corrected chi connectivity index (χ1v) is 7.27. The van der Waals surface area contributed by atoms with Crippen LogP contribution in [0, 0.1) is 23.7 Å². The average molecular weight is 230 g/mol. The summed E-state index contributed by atoms with van der Waals surface area (Å²) in [4.78, 5) is 3.14. The highest BCUT2D eigenvalue weighted by atomic mass is 14.9. The van der Waals surface area contributed by atoms with Gasteiger partial charge in [0, 0.05) is 25.0 Å². The number of hydrogen-bond acceptors (Lipinski definition) is 1. The molecule has 2 nitrogen and oxygen atoms in total. The second-order valence-corrected chi connectivity index (χ2v) is 6.36. The molecule has 1 heterocycles. The van der Waals surface area contributed by atoms with Gasteiger partial charge in [-0.2, -0.15) is 0 Å². The Labute approximate surface area is 103 Å². The molecule has 2 N–H and O–H groups in total. The molecular formula is C15H22N2. The van der Waals surface area contributed by atoms with E-state index in [1.165, 1.54) is 37.7 Å². The summed E-state index contributed by atoms with van der Waals surface area (Å²) in [7, 11) is 0. The number of fused-ring (bicyclic) bond motifs is 5. The Balaban J connectivity index is 1.41. The molecule has 92 valence electrons. The van der Waals surface area contributed by atoms with Gasteiger partial charge in [-0.1, -0.05) is 6.42 Å². The first-order chi connectivity index (χ1) is 8.42. The largest absolute Gasteiger partial charge is 0.367 e. The molecule has 1 aromatic heterocycles. The Bertz CT molecular complexity index is 384. The molecule has 4 rings (SSSR count). The van der Waals surface area contributed by atoms with E-state index in [-0.39, 0.29) is 0 Å². The third kappa shape index (κ3) is 1.57. The lowest BCUT2D eigenvalue weighted by Gasteiger charge is -2.32. The van der Waals surface area contributed by atoms with Crippen LogP contribution in [0.4, 0.5) is 0 Å².